The van der Waals surface area contributed by atoms with Crippen molar-refractivity contribution >= 4 is 11.9 Å². The number of carbonyl (C=O) groups excluding carboxylic acids is 1. The number of rotatable bonds is 6. The van der Waals surface area contributed by atoms with Crippen molar-refractivity contribution < 1.29 is 13.9 Å². The van der Waals surface area contributed by atoms with Gasteiger partial charge in [0.2, 0.25) is 0 Å². The number of methoxy groups -OCH3 is 1. The average molecular weight is 399 g/mol. The van der Waals surface area contributed by atoms with Crippen molar-refractivity contribution in [3.8, 4) is 5.75 Å². The predicted octanol–water partition coefficient (Wildman–Crippen LogP) is 2.56. The molecule has 1 amide bonds. The monoisotopic (exact) mass is 398 g/mol. The van der Waals surface area contributed by atoms with E-state index in [1.165, 1.54) is 17.4 Å². The molecule has 1 saturated heterocycles. The van der Waals surface area contributed by atoms with E-state index in [2.05, 4.69) is 36.2 Å². The number of hydrogen-bond acceptors (Lipinski definition) is 4. The maximum Gasteiger partial charge on any atom is 0.289 e. The maximum atomic E-state index is 12.4. The lowest BCUT2D eigenvalue weighted by molar-refractivity contribution is 0.0657. The molecule has 7 heteroatoms. The van der Waals surface area contributed by atoms with Crippen LogP contribution in [-0.2, 0) is 6.42 Å². The summed E-state index contributed by atoms with van der Waals surface area (Å²) in [6.45, 7) is 8.41. The van der Waals surface area contributed by atoms with Crippen molar-refractivity contribution in [3.05, 3.63) is 53.5 Å². The first-order valence-electron chi connectivity index (χ1n) is 10.1. The van der Waals surface area contributed by atoms with Crippen LogP contribution in [0.4, 0.5) is 0 Å². The number of aliphatic imine (C=N–C) groups is 1. The molecule has 0 radical (unpaired) electrons. The summed E-state index contributed by atoms with van der Waals surface area (Å²) in [6, 6.07) is 9.66. The number of amides is 1. The Morgan fingerprint density at radius 1 is 1.21 bits per heavy atom. The van der Waals surface area contributed by atoms with Crippen molar-refractivity contribution in [1.82, 2.24) is 15.1 Å². The minimum absolute atomic E-state index is 0.0527. The summed E-state index contributed by atoms with van der Waals surface area (Å²) in [5.74, 6) is 2.14. The topological polar surface area (TPSA) is 70.3 Å². The van der Waals surface area contributed by atoms with Gasteiger partial charge in [0, 0.05) is 39.3 Å². The molecular weight excluding hydrogens is 368 g/mol. The van der Waals surface area contributed by atoms with Crippen LogP contribution in [0.2, 0.25) is 0 Å². The number of nitrogens with zero attached hydrogens (tertiary/aromatic N) is 3. The quantitative estimate of drug-likeness (QED) is 0.598. The predicted molar refractivity (Wildman–Crippen MR) is 114 cm³/mol. The van der Waals surface area contributed by atoms with Gasteiger partial charge in [-0.3, -0.25) is 9.79 Å². The number of piperazine rings is 1. The van der Waals surface area contributed by atoms with Crippen LogP contribution in [0.3, 0.4) is 0 Å². The minimum atomic E-state index is -0.0527. The Morgan fingerprint density at radius 2 is 1.97 bits per heavy atom. The summed E-state index contributed by atoms with van der Waals surface area (Å²) in [4.78, 5) is 21.3. The van der Waals surface area contributed by atoms with Crippen LogP contribution in [0.5, 0.6) is 5.75 Å². The van der Waals surface area contributed by atoms with Crippen molar-refractivity contribution in [1.29, 1.82) is 0 Å². The molecule has 7 nitrogen and oxygen atoms in total. The number of ether oxygens (including phenoxy) is 1. The highest BCUT2D eigenvalue weighted by molar-refractivity contribution is 5.91. The minimum Gasteiger partial charge on any atom is -0.496 e. The molecule has 1 aliphatic heterocycles. The van der Waals surface area contributed by atoms with E-state index >= 15 is 0 Å². The third kappa shape index (κ3) is 5.31. The summed E-state index contributed by atoms with van der Waals surface area (Å²) in [6.07, 6.45) is 2.35. The second kappa shape index (κ2) is 10.0. The molecule has 1 N–H and O–H groups in total. The number of aryl methyl sites for hydroxylation is 1. The first kappa shape index (κ1) is 20.8. The Hall–Kier alpha value is -2.96. The summed E-state index contributed by atoms with van der Waals surface area (Å²) in [5, 5.41) is 3.37. The molecule has 1 aliphatic rings. The summed E-state index contributed by atoms with van der Waals surface area (Å²) in [5.41, 5.74) is 2.38. The summed E-state index contributed by atoms with van der Waals surface area (Å²) in [7, 11) is 1.70. The van der Waals surface area contributed by atoms with Gasteiger partial charge in [0.25, 0.3) is 5.91 Å². The normalized spacial score (nSPS) is 14.8. The van der Waals surface area contributed by atoms with Gasteiger partial charge in [-0.25, -0.2) is 0 Å². The van der Waals surface area contributed by atoms with E-state index < -0.39 is 0 Å². The van der Waals surface area contributed by atoms with E-state index in [9.17, 15) is 4.79 Å². The Bertz CT molecular complexity index is 825. The fourth-order valence-corrected chi connectivity index (χ4v) is 3.49. The van der Waals surface area contributed by atoms with Crippen molar-refractivity contribution in [2.24, 2.45) is 4.99 Å². The molecule has 0 unspecified atom stereocenters. The van der Waals surface area contributed by atoms with Crippen LogP contribution in [0.15, 0.2) is 46.0 Å². The molecule has 1 aromatic carbocycles. The van der Waals surface area contributed by atoms with E-state index in [0.717, 1.165) is 37.8 Å². The number of guanidine groups is 1. The maximum absolute atomic E-state index is 12.4. The molecule has 0 atom stereocenters. The summed E-state index contributed by atoms with van der Waals surface area (Å²) < 4.78 is 10.7. The lowest BCUT2D eigenvalue weighted by atomic mass is 10.1. The first-order chi connectivity index (χ1) is 14.1. The molecule has 3 rings (SSSR count). The van der Waals surface area contributed by atoms with Gasteiger partial charge in [0.15, 0.2) is 11.7 Å². The molecule has 0 spiro atoms. The zero-order chi connectivity index (χ0) is 20.6. The van der Waals surface area contributed by atoms with Crippen LogP contribution >= 0.6 is 0 Å². The van der Waals surface area contributed by atoms with E-state index in [0.29, 0.717) is 25.4 Å². The zero-order valence-electron chi connectivity index (χ0n) is 17.5. The van der Waals surface area contributed by atoms with Gasteiger partial charge in [0.05, 0.1) is 13.4 Å². The first-order valence-corrected chi connectivity index (χ1v) is 10.1. The molecule has 0 saturated carbocycles. The SMILES string of the molecule is CCNC(=NCCc1cc(C)ccc1OC)N1CCN(C(=O)c2ccco2)CC1. The second-order valence-corrected chi connectivity index (χ2v) is 7.06. The highest BCUT2D eigenvalue weighted by Gasteiger charge is 2.25. The van der Waals surface area contributed by atoms with Crippen LogP contribution in [0.1, 0.15) is 28.6 Å². The van der Waals surface area contributed by atoms with Gasteiger partial charge in [-0.15, -0.1) is 0 Å². The molecule has 2 aromatic rings. The van der Waals surface area contributed by atoms with Crippen LogP contribution in [0.25, 0.3) is 0 Å². The van der Waals surface area contributed by atoms with Gasteiger partial charge < -0.3 is 24.3 Å². The fourth-order valence-electron chi connectivity index (χ4n) is 3.49. The standard InChI is InChI=1S/C22H30N4O3/c1-4-23-22(24-10-9-18-16-17(2)7-8-19(18)28-3)26-13-11-25(12-14-26)21(27)20-6-5-15-29-20/h5-8,15-16H,4,9-14H2,1-3H3,(H,23,24). The van der Waals surface area contributed by atoms with E-state index in [-0.39, 0.29) is 5.91 Å². The van der Waals surface area contributed by atoms with E-state index in [1.807, 2.05) is 11.0 Å². The molecule has 0 bridgehead atoms. The molecule has 156 valence electrons. The van der Waals surface area contributed by atoms with Crippen molar-refractivity contribution in [3.63, 3.8) is 0 Å². The molecule has 1 fully saturated rings. The van der Waals surface area contributed by atoms with E-state index in [1.54, 1.807) is 19.2 Å². The zero-order valence-corrected chi connectivity index (χ0v) is 17.5. The molecule has 0 aliphatic carbocycles. The van der Waals surface area contributed by atoms with Crippen LogP contribution in [-0.4, -0.2) is 68.0 Å². The lowest BCUT2D eigenvalue weighted by Gasteiger charge is -2.36. The Balaban J connectivity index is 1.58. The Kier molecular flexibility index (Phi) is 7.16. The number of carbonyl (C=O) groups is 1. The number of hydrogen-bond donors (Lipinski definition) is 1. The fraction of sp³-hybridized carbons (Fsp3) is 0.455. The third-order valence-electron chi connectivity index (χ3n) is 5.01. The van der Waals surface area contributed by atoms with Crippen molar-refractivity contribution in [2.75, 3.05) is 46.4 Å². The van der Waals surface area contributed by atoms with Gasteiger partial charge in [0.1, 0.15) is 5.75 Å². The molecule has 29 heavy (non-hydrogen) atoms. The second-order valence-electron chi connectivity index (χ2n) is 7.06. The average Bonchev–Trinajstić information content (AvgIpc) is 3.28. The van der Waals surface area contributed by atoms with E-state index in [4.69, 9.17) is 14.1 Å². The van der Waals surface area contributed by atoms with Gasteiger partial charge in [-0.2, -0.15) is 0 Å². The number of nitrogens with one attached hydrogen (secondary N) is 1. The molecule has 2 heterocycles. The highest BCUT2D eigenvalue weighted by Crippen LogP contribution is 2.20. The highest BCUT2D eigenvalue weighted by atomic mass is 16.5. The Morgan fingerprint density at radius 3 is 2.62 bits per heavy atom. The number of benzene rings is 1. The van der Waals surface area contributed by atoms with Gasteiger partial charge >= 0.3 is 0 Å². The smallest absolute Gasteiger partial charge is 0.289 e. The van der Waals surface area contributed by atoms with Gasteiger partial charge in [-0.1, -0.05) is 17.7 Å². The van der Waals surface area contributed by atoms with Crippen molar-refractivity contribution in [2.45, 2.75) is 20.3 Å². The number of furan rings is 1. The largest absolute Gasteiger partial charge is 0.496 e. The molecule has 1 aromatic heterocycles. The lowest BCUT2D eigenvalue weighted by Crippen LogP contribution is -2.53. The van der Waals surface area contributed by atoms with Gasteiger partial charge in [-0.05, 0) is 44.0 Å². The van der Waals surface area contributed by atoms with Crippen LogP contribution < -0.4 is 10.1 Å². The summed E-state index contributed by atoms with van der Waals surface area (Å²) >= 11 is 0. The Labute approximate surface area is 172 Å². The molecular formula is C22H30N4O3. The third-order valence-corrected chi connectivity index (χ3v) is 5.01. The van der Waals surface area contributed by atoms with Crippen LogP contribution in [0, 0.1) is 6.92 Å².